The highest BCUT2D eigenvalue weighted by molar-refractivity contribution is 6.47. The normalized spacial score (nSPS) is 14.9. The highest BCUT2D eigenvalue weighted by atomic mass is 35.5. The summed E-state index contributed by atoms with van der Waals surface area (Å²) in [4.78, 5) is 2.23. The second kappa shape index (κ2) is 3.90. The number of benzene rings is 3. The summed E-state index contributed by atoms with van der Waals surface area (Å²) >= 11 is 6.69. The largest absolute Gasteiger partial charge is 0.327 e. The summed E-state index contributed by atoms with van der Waals surface area (Å²) in [5.41, 5.74) is 1.26. The van der Waals surface area contributed by atoms with Crippen LogP contribution >= 0.6 is 11.6 Å². The molecule has 0 amide bonds. The predicted octanol–water partition coefficient (Wildman–Crippen LogP) is 3.05. The first-order valence-corrected chi connectivity index (χ1v) is 7.51. The molecule has 0 saturated carbocycles. The molecule has 1 nitrogen and oxygen atoms in total. The molecule has 2 heterocycles. The van der Waals surface area contributed by atoms with Gasteiger partial charge in [0.2, 0.25) is 0 Å². The van der Waals surface area contributed by atoms with Crippen LogP contribution in [0.1, 0.15) is 0 Å². The average molecular weight is 290 g/mol. The van der Waals surface area contributed by atoms with Gasteiger partial charge in [-0.25, -0.2) is 0 Å². The van der Waals surface area contributed by atoms with Crippen molar-refractivity contribution < 1.29 is 0 Å². The summed E-state index contributed by atoms with van der Waals surface area (Å²) in [5, 5.41) is 8.36. The molecule has 3 aromatic carbocycles. The lowest BCUT2D eigenvalue weighted by atomic mass is 9.98. The molecule has 0 spiro atoms. The molecule has 2 aliphatic heterocycles. The smallest absolute Gasteiger partial charge is 0.117 e. The molecule has 2 heteroatoms. The Morgan fingerprint density at radius 1 is 0.810 bits per heavy atom. The van der Waals surface area contributed by atoms with E-state index in [0.29, 0.717) is 0 Å². The molecule has 3 aromatic rings. The van der Waals surface area contributed by atoms with E-state index in [4.69, 9.17) is 11.6 Å². The van der Waals surface area contributed by atoms with Crippen molar-refractivity contribution in [2.75, 3.05) is 11.4 Å². The van der Waals surface area contributed by atoms with Crippen molar-refractivity contribution >= 4 is 39.3 Å². The van der Waals surface area contributed by atoms with Crippen molar-refractivity contribution in [3.05, 3.63) is 75.5 Å². The molecule has 0 radical (unpaired) electrons. The number of halogens is 1. The number of hydrogen-bond donors (Lipinski definition) is 0. The number of rotatable bonds is 0. The standard InChI is InChI=1S/C19H12ClN/c20-19-16-7-2-1-6-14(16)15-9-8-12-4-3-5-13-10-11-21(19)18(15)17(12)13/h1-10H,11H2. The van der Waals surface area contributed by atoms with Crippen molar-refractivity contribution in [3.8, 4) is 0 Å². The van der Waals surface area contributed by atoms with Gasteiger partial charge in [-0.2, -0.15) is 0 Å². The fourth-order valence-corrected chi connectivity index (χ4v) is 3.88. The summed E-state index contributed by atoms with van der Waals surface area (Å²) < 4.78 is 0. The molecular formula is C19H12ClN. The summed E-state index contributed by atoms with van der Waals surface area (Å²) in [6.45, 7) is 0.830. The second-order valence-corrected chi connectivity index (χ2v) is 5.92. The molecule has 0 bridgehead atoms. The Balaban J connectivity index is 2.21. The Kier molecular flexibility index (Phi) is 2.12. The van der Waals surface area contributed by atoms with Crippen LogP contribution in [0.4, 0.5) is 5.69 Å². The fourth-order valence-electron chi connectivity index (χ4n) is 3.56. The zero-order valence-electron chi connectivity index (χ0n) is 11.3. The van der Waals surface area contributed by atoms with Crippen LogP contribution in [0.5, 0.6) is 0 Å². The van der Waals surface area contributed by atoms with Gasteiger partial charge in [-0.05, 0) is 15.8 Å². The Morgan fingerprint density at radius 2 is 1.67 bits per heavy atom. The van der Waals surface area contributed by atoms with Crippen molar-refractivity contribution in [2.24, 2.45) is 0 Å². The van der Waals surface area contributed by atoms with Crippen LogP contribution in [-0.4, -0.2) is 6.54 Å². The number of nitrogens with zero attached hydrogens (tertiary/aromatic N) is 1. The van der Waals surface area contributed by atoms with Gasteiger partial charge in [0.15, 0.2) is 0 Å². The van der Waals surface area contributed by atoms with Gasteiger partial charge in [-0.15, -0.1) is 0 Å². The molecule has 0 atom stereocenters. The van der Waals surface area contributed by atoms with Gasteiger partial charge in [0.1, 0.15) is 5.16 Å². The van der Waals surface area contributed by atoms with E-state index in [2.05, 4.69) is 59.5 Å². The van der Waals surface area contributed by atoms with Crippen molar-refractivity contribution in [3.63, 3.8) is 0 Å². The zero-order chi connectivity index (χ0) is 14.0. The summed E-state index contributed by atoms with van der Waals surface area (Å²) in [6.07, 6.45) is 2.26. The van der Waals surface area contributed by atoms with Gasteiger partial charge in [0.25, 0.3) is 0 Å². The lowest BCUT2D eigenvalue weighted by Crippen LogP contribution is -2.32. The van der Waals surface area contributed by atoms with Gasteiger partial charge in [0, 0.05) is 22.4 Å². The molecule has 21 heavy (non-hydrogen) atoms. The van der Waals surface area contributed by atoms with E-state index in [0.717, 1.165) is 16.9 Å². The van der Waals surface area contributed by atoms with E-state index < -0.39 is 0 Å². The monoisotopic (exact) mass is 289 g/mol. The van der Waals surface area contributed by atoms with Gasteiger partial charge in [0.05, 0.1) is 5.69 Å². The second-order valence-electron chi connectivity index (χ2n) is 5.56. The predicted molar refractivity (Wildman–Crippen MR) is 88.4 cm³/mol. The Morgan fingerprint density at radius 3 is 2.57 bits per heavy atom. The highest BCUT2D eigenvalue weighted by Crippen LogP contribution is 2.33. The average Bonchev–Trinajstić information content (AvgIpc) is 2.55. The topological polar surface area (TPSA) is 3.24 Å². The van der Waals surface area contributed by atoms with Crippen LogP contribution in [0.25, 0.3) is 22.0 Å². The van der Waals surface area contributed by atoms with Crippen molar-refractivity contribution in [1.82, 2.24) is 0 Å². The van der Waals surface area contributed by atoms with E-state index in [9.17, 15) is 0 Å². The van der Waals surface area contributed by atoms with E-state index in [1.807, 2.05) is 6.07 Å². The van der Waals surface area contributed by atoms with E-state index in [-0.39, 0.29) is 0 Å². The minimum Gasteiger partial charge on any atom is -0.327 e. The molecule has 0 aliphatic carbocycles. The van der Waals surface area contributed by atoms with Gasteiger partial charge in [-0.3, -0.25) is 0 Å². The molecular weight excluding hydrogens is 278 g/mol. The SMILES string of the molecule is ClC1=c2ccccc2=c2ccc3cccc4c3c2N1CC=4. The van der Waals surface area contributed by atoms with Crippen LogP contribution in [0, 0.1) is 10.4 Å². The third kappa shape index (κ3) is 1.37. The lowest BCUT2D eigenvalue weighted by molar-refractivity contribution is 1.12. The summed E-state index contributed by atoms with van der Waals surface area (Å²) in [7, 11) is 0. The first kappa shape index (κ1) is 11.4. The molecule has 5 rings (SSSR count). The first-order valence-electron chi connectivity index (χ1n) is 7.13. The number of hydrogen-bond acceptors (Lipinski definition) is 1. The Hall–Kier alpha value is -2.25. The molecule has 0 aromatic heterocycles. The maximum absolute atomic E-state index is 6.69. The van der Waals surface area contributed by atoms with Gasteiger partial charge in [-0.1, -0.05) is 72.3 Å². The third-order valence-electron chi connectivity index (χ3n) is 4.49. The van der Waals surface area contributed by atoms with E-state index in [1.165, 1.54) is 32.1 Å². The van der Waals surface area contributed by atoms with Crippen molar-refractivity contribution in [1.29, 1.82) is 0 Å². The summed E-state index contributed by atoms with van der Waals surface area (Å²) in [6, 6.07) is 19.3. The van der Waals surface area contributed by atoms with E-state index in [1.54, 1.807) is 0 Å². The molecule has 0 N–H and O–H groups in total. The zero-order valence-corrected chi connectivity index (χ0v) is 12.1. The van der Waals surface area contributed by atoms with Crippen LogP contribution in [-0.2, 0) is 0 Å². The number of fused-ring (bicyclic) bond motifs is 1. The van der Waals surface area contributed by atoms with Crippen LogP contribution in [0.2, 0.25) is 0 Å². The van der Waals surface area contributed by atoms with Gasteiger partial charge >= 0.3 is 0 Å². The Labute approximate surface area is 126 Å². The summed E-state index contributed by atoms with van der Waals surface area (Å²) in [5.74, 6) is 0. The Bertz CT molecular complexity index is 1130. The van der Waals surface area contributed by atoms with Crippen molar-refractivity contribution in [2.45, 2.75) is 0 Å². The maximum Gasteiger partial charge on any atom is 0.117 e. The first-order chi connectivity index (χ1) is 10.3. The molecule has 0 unspecified atom stereocenters. The third-order valence-corrected chi connectivity index (χ3v) is 4.90. The molecule has 100 valence electrons. The lowest BCUT2D eigenvalue weighted by Gasteiger charge is -2.30. The van der Waals surface area contributed by atoms with Gasteiger partial charge < -0.3 is 4.90 Å². The minimum atomic E-state index is 0.830. The molecule has 2 aliphatic rings. The molecule has 0 saturated heterocycles. The molecule has 0 fully saturated rings. The fraction of sp³-hybridized carbons (Fsp3) is 0.0526. The van der Waals surface area contributed by atoms with Crippen LogP contribution in [0.3, 0.4) is 0 Å². The maximum atomic E-state index is 6.69. The highest BCUT2D eigenvalue weighted by Gasteiger charge is 2.21. The quantitative estimate of drug-likeness (QED) is 0.575. The van der Waals surface area contributed by atoms with Crippen LogP contribution in [0.15, 0.2) is 54.6 Å². The van der Waals surface area contributed by atoms with Crippen LogP contribution < -0.4 is 15.3 Å². The minimum absolute atomic E-state index is 0.830. The van der Waals surface area contributed by atoms with E-state index >= 15 is 0 Å². The number of anilines is 1.